The Bertz CT molecular complexity index is 2200. The summed E-state index contributed by atoms with van der Waals surface area (Å²) in [7, 11) is -6.24. The number of sulfone groups is 1. The van der Waals surface area contributed by atoms with Crippen LogP contribution in [0.1, 0.15) is 37.4 Å². The van der Waals surface area contributed by atoms with Gasteiger partial charge in [0.25, 0.3) is 15.6 Å². The number of rotatable bonds is 10. The van der Waals surface area contributed by atoms with Gasteiger partial charge < -0.3 is 14.6 Å². The average molecular weight is 676 g/mol. The van der Waals surface area contributed by atoms with Gasteiger partial charge in [-0.25, -0.2) is 25.8 Å². The maximum Gasteiger partial charge on any atom is 0.275 e. The number of nitrogens with zero attached hydrogens (tertiary/aromatic N) is 4. The van der Waals surface area contributed by atoms with Crippen LogP contribution in [0.4, 0.5) is 0 Å². The van der Waals surface area contributed by atoms with Gasteiger partial charge in [0, 0.05) is 36.0 Å². The van der Waals surface area contributed by atoms with E-state index >= 15 is 0 Å². The molecule has 11 nitrogen and oxygen atoms in total. The molecule has 47 heavy (non-hydrogen) atoms. The second-order valence-corrected chi connectivity index (χ2v) is 16.0. The van der Waals surface area contributed by atoms with E-state index in [0.717, 1.165) is 54.0 Å². The fraction of sp³-hybridized carbons (Fsp3) is 0.324. The maximum absolute atomic E-state index is 13.7. The zero-order valence-corrected chi connectivity index (χ0v) is 28.1. The number of aryl methyl sites for hydroxylation is 3. The van der Waals surface area contributed by atoms with Crippen LogP contribution in [0.25, 0.3) is 22.0 Å². The van der Waals surface area contributed by atoms with Crippen LogP contribution >= 0.6 is 0 Å². The van der Waals surface area contributed by atoms with Crippen molar-refractivity contribution in [1.82, 2.24) is 23.8 Å². The monoisotopic (exact) mass is 675 g/mol. The smallest absolute Gasteiger partial charge is 0.275 e. The highest BCUT2D eigenvalue weighted by atomic mass is 32.2. The SMILES string of the molecule is CCS(=O)(=O)c1ccc(Oc2cnc(CCC3CCNCC3)cn2)c(-c2cn(C)c(=O)c3c2ccn3S(=O)(=O)c2ccc(C)cc2)c1. The topological polar surface area (TPSA) is 142 Å². The molecule has 0 unspecified atom stereocenters. The van der Waals surface area contributed by atoms with Crippen LogP contribution in [0.5, 0.6) is 11.6 Å². The summed E-state index contributed by atoms with van der Waals surface area (Å²) in [5, 5.41) is 3.70. The molecule has 0 bridgehead atoms. The van der Waals surface area contributed by atoms with Gasteiger partial charge in [-0.2, -0.15) is 0 Å². The van der Waals surface area contributed by atoms with E-state index in [9.17, 15) is 21.6 Å². The van der Waals surface area contributed by atoms with Crippen LogP contribution in [0.15, 0.2) is 87.9 Å². The predicted octanol–water partition coefficient (Wildman–Crippen LogP) is 4.86. The zero-order chi connectivity index (χ0) is 33.3. The molecule has 0 aliphatic carbocycles. The molecule has 0 saturated carbocycles. The minimum atomic E-state index is -4.13. The zero-order valence-electron chi connectivity index (χ0n) is 26.5. The van der Waals surface area contributed by atoms with Crippen molar-refractivity contribution in [2.75, 3.05) is 18.8 Å². The van der Waals surface area contributed by atoms with Crippen LogP contribution in [-0.2, 0) is 33.3 Å². The third kappa shape index (κ3) is 6.60. The normalized spacial score (nSPS) is 14.4. The summed E-state index contributed by atoms with van der Waals surface area (Å²) in [5.41, 5.74) is 1.91. The van der Waals surface area contributed by atoms with Crippen molar-refractivity contribution in [2.45, 2.75) is 49.3 Å². The number of benzene rings is 2. The molecule has 1 aliphatic rings. The molecule has 0 spiro atoms. The number of hydrogen-bond acceptors (Lipinski definition) is 9. The molecule has 4 heterocycles. The third-order valence-corrected chi connectivity index (χ3v) is 12.1. The van der Waals surface area contributed by atoms with Crippen LogP contribution in [0.3, 0.4) is 0 Å². The molecule has 1 N–H and O–H groups in total. The summed E-state index contributed by atoms with van der Waals surface area (Å²) in [6.45, 7) is 5.49. The lowest BCUT2D eigenvalue weighted by Gasteiger charge is -2.22. The van der Waals surface area contributed by atoms with E-state index in [-0.39, 0.29) is 32.7 Å². The maximum atomic E-state index is 13.7. The van der Waals surface area contributed by atoms with E-state index < -0.39 is 25.4 Å². The number of aromatic nitrogens is 4. The number of nitrogens with one attached hydrogen (secondary N) is 1. The Labute approximate surface area is 274 Å². The molecular formula is C34H37N5O6S2. The minimum absolute atomic E-state index is 0.0332. The van der Waals surface area contributed by atoms with Crippen molar-refractivity contribution >= 4 is 30.8 Å². The largest absolute Gasteiger partial charge is 0.437 e. The summed E-state index contributed by atoms with van der Waals surface area (Å²) < 4.78 is 61.8. The standard InChI is InChI=1S/C34H37N5O6S2/c1-4-46(41,42)27-11-12-31(45-32-21-36-25(20-37-32)8-7-24-13-16-35-17-14-24)29(19-27)30-22-38(3)34(40)33-28(30)15-18-39(33)47(43,44)26-9-5-23(2)6-10-26/h5-6,9-12,15,18-22,24,35H,4,7-8,13-14,16-17H2,1-3H3. The molecule has 5 aromatic rings. The van der Waals surface area contributed by atoms with Crippen LogP contribution in [0.2, 0.25) is 0 Å². The van der Waals surface area contributed by atoms with Gasteiger partial charge in [-0.05, 0) is 88.0 Å². The highest BCUT2D eigenvalue weighted by molar-refractivity contribution is 7.91. The summed E-state index contributed by atoms with van der Waals surface area (Å²) in [4.78, 5) is 22.6. The first-order valence-electron chi connectivity index (χ1n) is 15.6. The molecule has 2 aromatic carbocycles. The van der Waals surface area contributed by atoms with E-state index in [0.29, 0.717) is 22.4 Å². The van der Waals surface area contributed by atoms with Gasteiger partial charge in [0.2, 0.25) is 5.88 Å². The number of hydrogen-bond donors (Lipinski definition) is 1. The van der Waals surface area contributed by atoms with Gasteiger partial charge in [0.1, 0.15) is 11.3 Å². The van der Waals surface area contributed by atoms with Crippen LogP contribution < -0.4 is 15.6 Å². The lowest BCUT2D eigenvalue weighted by atomic mass is 9.93. The van der Waals surface area contributed by atoms with E-state index in [4.69, 9.17) is 4.74 Å². The van der Waals surface area contributed by atoms with Crippen LogP contribution in [0, 0.1) is 12.8 Å². The summed E-state index contributed by atoms with van der Waals surface area (Å²) >= 11 is 0. The Hall–Kier alpha value is -4.33. The Morgan fingerprint density at radius 1 is 0.936 bits per heavy atom. The van der Waals surface area contributed by atoms with Gasteiger partial charge in [0.15, 0.2) is 9.84 Å². The molecule has 3 aromatic heterocycles. The van der Waals surface area contributed by atoms with Gasteiger partial charge in [-0.15, -0.1) is 0 Å². The molecule has 13 heteroatoms. The fourth-order valence-corrected chi connectivity index (χ4v) is 8.15. The lowest BCUT2D eigenvalue weighted by Crippen LogP contribution is -2.27. The molecule has 1 saturated heterocycles. The van der Waals surface area contributed by atoms with E-state index in [2.05, 4.69) is 15.3 Å². The minimum Gasteiger partial charge on any atom is -0.437 e. The fourth-order valence-electron chi connectivity index (χ4n) is 5.90. The number of ether oxygens (including phenoxy) is 1. The molecule has 1 aliphatic heterocycles. The molecular weight excluding hydrogens is 639 g/mol. The van der Waals surface area contributed by atoms with Gasteiger partial charge in [-0.3, -0.25) is 9.78 Å². The van der Waals surface area contributed by atoms with Crippen molar-refractivity contribution in [3.8, 4) is 22.8 Å². The van der Waals surface area contributed by atoms with E-state index in [1.165, 1.54) is 42.1 Å². The first kappa shape index (κ1) is 32.6. The summed E-state index contributed by atoms with van der Waals surface area (Å²) in [6, 6.07) is 12.4. The van der Waals surface area contributed by atoms with E-state index in [1.807, 2.05) is 6.92 Å². The summed E-state index contributed by atoms with van der Waals surface area (Å²) in [6.07, 6.45) is 10.3. The Morgan fingerprint density at radius 2 is 1.66 bits per heavy atom. The van der Waals surface area contributed by atoms with Gasteiger partial charge in [-0.1, -0.05) is 24.6 Å². The highest BCUT2D eigenvalue weighted by Crippen LogP contribution is 2.38. The van der Waals surface area contributed by atoms with Crippen molar-refractivity contribution in [3.63, 3.8) is 0 Å². The third-order valence-electron chi connectivity index (χ3n) is 8.71. The first-order valence-corrected chi connectivity index (χ1v) is 18.7. The molecule has 1 fully saturated rings. The van der Waals surface area contributed by atoms with Crippen molar-refractivity contribution < 1.29 is 21.6 Å². The number of fused-ring (bicyclic) bond motifs is 1. The lowest BCUT2D eigenvalue weighted by molar-refractivity contribution is 0.353. The molecule has 0 atom stereocenters. The second kappa shape index (κ2) is 13.1. The predicted molar refractivity (Wildman–Crippen MR) is 180 cm³/mol. The van der Waals surface area contributed by atoms with Crippen molar-refractivity contribution in [3.05, 3.63) is 94.9 Å². The average Bonchev–Trinajstić information content (AvgIpc) is 3.54. The van der Waals surface area contributed by atoms with Gasteiger partial charge in [0.05, 0.1) is 33.6 Å². The second-order valence-electron chi connectivity index (χ2n) is 11.9. The van der Waals surface area contributed by atoms with Gasteiger partial charge >= 0.3 is 0 Å². The number of pyridine rings is 1. The van der Waals surface area contributed by atoms with E-state index in [1.54, 1.807) is 49.8 Å². The molecule has 6 rings (SSSR count). The Kier molecular flexibility index (Phi) is 9.05. The first-order chi connectivity index (χ1) is 22.5. The molecule has 246 valence electrons. The van der Waals surface area contributed by atoms with Crippen molar-refractivity contribution in [2.24, 2.45) is 13.0 Å². The Balaban J connectivity index is 1.42. The van der Waals surface area contributed by atoms with Crippen molar-refractivity contribution in [1.29, 1.82) is 0 Å². The highest BCUT2D eigenvalue weighted by Gasteiger charge is 2.25. The quantitative estimate of drug-likeness (QED) is 0.220. The Morgan fingerprint density at radius 3 is 2.34 bits per heavy atom. The molecule has 0 radical (unpaired) electrons. The number of piperidine rings is 1. The van der Waals surface area contributed by atoms with Crippen LogP contribution in [-0.4, -0.2) is 54.2 Å². The summed E-state index contributed by atoms with van der Waals surface area (Å²) in [5.74, 6) is 1.02. The molecule has 0 amide bonds.